The Bertz CT molecular complexity index is 556. The van der Waals surface area contributed by atoms with Crippen molar-refractivity contribution < 1.29 is 0 Å². The highest BCUT2D eigenvalue weighted by Gasteiger charge is 2.26. The fourth-order valence-electron chi connectivity index (χ4n) is 5.22. The van der Waals surface area contributed by atoms with Gasteiger partial charge in [-0.2, -0.15) is 0 Å². The second-order valence-corrected chi connectivity index (χ2v) is 8.79. The fourth-order valence-corrected chi connectivity index (χ4v) is 5.22. The Morgan fingerprint density at radius 1 is 0.667 bits per heavy atom. The summed E-state index contributed by atoms with van der Waals surface area (Å²) in [4.78, 5) is 4.95. The van der Waals surface area contributed by atoms with Gasteiger partial charge >= 0.3 is 0 Å². The van der Waals surface area contributed by atoms with Gasteiger partial charge in [0.2, 0.25) is 0 Å². The first-order valence-corrected chi connectivity index (χ1v) is 11.2. The molecule has 0 unspecified atom stereocenters. The number of nitrogens with zero attached hydrogens (tertiary/aromatic N) is 1. The van der Waals surface area contributed by atoms with Crippen molar-refractivity contribution in [2.24, 2.45) is 0 Å². The zero-order chi connectivity index (χ0) is 18.5. The van der Waals surface area contributed by atoms with Crippen LogP contribution in [0.25, 0.3) is 0 Å². The molecule has 0 amide bonds. The molecule has 5 heteroatoms. The maximum atomic E-state index is 4.95. The lowest BCUT2D eigenvalue weighted by molar-refractivity contribution is 0.266. The van der Waals surface area contributed by atoms with Gasteiger partial charge in [-0.25, -0.2) is 0 Å². The van der Waals surface area contributed by atoms with Crippen molar-refractivity contribution in [3.05, 3.63) is 29.1 Å². The molecular weight excluding hydrogens is 334 g/mol. The molecule has 2 saturated carbocycles. The Morgan fingerprint density at radius 2 is 1.07 bits per heavy atom. The average molecular weight is 372 g/mol. The molecule has 1 aromatic heterocycles. The van der Waals surface area contributed by atoms with Gasteiger partial charge in [-0.15, -0.1) is 0 Å². The molecule has 150 valence electrons. The predicted molar refractivity (Wildman–Crippen MR) is 111 cm³/mol. The van der Waals surface area contributed by atoms with Crippen LogP contribution in [0.4, 0.5) is 0 Å². The summed E-state index contributed by atoms with van der Waals surface area (Å²) in [6, 6.07) is 6.80. The molecule has 0 radical (unpaired) electrons. The van der Waals surface area contributed by atoms with Gasteiger partial charge in [0, 0.05) is 50.3 Å². The molecule has 2 heterocycles. The van der Waals surface area contributed by atoms with Crippen LogP contribution in [0.3, 0.4) is 0 Å². The molecule has 0 saturated heterocycles. The van der Waals surface area contributed by atoms with E-state index in [4.69, 9.17) is 4.98 Å². The van der Waals surface area contributed by atoms with Crippen LogP contribution in [-0.4, -0.2) is 42.2 Å². The highest BCUT2D eigenvalue weighted by molar-refractivity contribution is 5.20. The van der Waals surface area contributed by atoms with Crippen molar-refractivity contribution in [2.45, 2.75) is 95.5 Å². The number of aromatic nitrogens is 1. The topological polar surface area (TPSA) is 61.0 Å². The quantitative estimate of drug-likeness (QED) is 0.564. The van der Waals surface area contributed by atoms with E-state index in [9.17, 15) is 0 Å². The molecule has 2 fully saturated rings. The number of rotatable bonds is 0. The molecule has 0 spiro atoms. The van der Waals surface area contributed by atoms with E-state index in [0.29, 0.717) is 24.2 Å². The fraction of sp³-hybridized carbons (Fsp3) is 0.773. The van der Waals surface area contributed by atoms with Crippen LogP contribution >= 0.6 is 0 Å². The normalized spacial score (nSPS) is 33.2. The molecule has 4 atom stereocenters. The average Bonchev–Trinajstić information content (AvgIpc) is 2.69. The van der Waals surface area contributed by atoms with E-state index in [1.165, 1.54) is 68.3 Å². The third-order valence-electron chi connectivity index (χ3n) is 6.64. The maximum Gasteiger partial charge on any atom is 0.0548 e. The van der Waals surface area contributed by atoms with Crippen LogP contribution in [0.2, 0.25) is 0 Å². The number of pyridine rings is 1. The van der Waals surface area contributed by atoms with E-state index < -0.39 is 0 Å². The largest absolute Gasteiger partial charge is 0.311 e. The van der Waals surface area contributed by atoms with E-state index in [1.54, 1.807) is 0 Å². The molecule has 2 aliphatic carbocycles. The van der Waals surface area contributed by atoms with Crippen molar-refractivity contribution >= 4 is 0 Å². The minimum Gasteiger partial charge on any atom is -0.311 e. The first-order chi connectivity index (χ1) is 13.3. The number of hydrogen-bond acceptors (Lipinski definition) is 5. The first kappa shape index (κ1) is 19.3. The highest BCUT2D eigenvalue weighted by Crippen LogP contribution is 2.21. The van der Waals surface area contributed by atoms with Gasteiger partial charge < -0.3 is 21.3 Å². The molecule has 3 aliphatic rings. The Balaban J connectivity index is 1.51. The summed E-state index contributed by atoms with van der Waals surface area (Å²) in [7, 11) is 0. The number of hydrogen-bond donors (Lipinski definition) is 4. The summed E-state index contributed by atoms with van der Waals surface area (Å²) in [5.74, 6) is 0. The van der Waals surface area contributed by atoms with Gasteiger partial charge in [-0.05, 0) is 50.3 Å². The third kappa shape index (κ3) is 5.29. The van der Waals surface area contributed by atoms with Gasteiger partial charge in [0.15, 0.2) is 0 Å². The molecule has 1 aromatic rings. The molecule has 5 nitrogen and oxygen atoms in total. The Morgan fingerprint density at radius 3 is 1.52 bits per heavy atom. The van der Waals surface area contributed by atoms with Crippen molar-refractivity contribution in [1.29, 1.82) is 0 Å². The lowest BCUT2D eigenvalue weighted by Crippen LogP contribution is -2.53. The van der Waals surface area contributed by atoms with E-state index in [0.717, 1.165) is 26.2 Å². The van der Waals surface area contributed by atoms with E-state index in [1.807, 2.05) is 0 Å². The summed E-state index contributed by atoms with van der Waals surface area (Å²) < 4.78 is 0. The number of nitrogens with one attached hydrogen (secondary N) is 4. The molecule has 4 rings (SSSR count). The second-order valence-electron chi connectivity index (χ2n) is 8.79. The van der Waals surface area contributed by atoms with E-state index in [-0.39, 0.29) is 0 Å². The van der Waals surface area contributed by atoms with Gasteiger partial charge in [0.05, 0.1) is 11.4 Å². The molecule has 0 aromatic carbocycles. The Hall–Kier alpha value is -1.01. The lowest BCUT2D eigenvalue weighted by Gasteiger charge is -2.34. The van der Waals surface area contributed by atoms with Crippen LogP contribution < -0.4 is 21.3 Å². The third-order valence-corrected chi connectivity index (χ3v) is 6.64. The van der Waals surface area contributed by atoms with Crippen LogP contribution in [0, 0.1) is 6.92 Å². The Kier molecular flexibility index (Phi) is 6.77. The molecule has 2 bridgehead atoms. The van der Waals surface area contributed by atoms with Crippen molar-refractivity contribution in [2.75, 3.05) is 13.1 Å². The highest BCUT2D eigenvalue weighted by atomic mass is 15.1. The zero-order valence-electron chi connectivity index (χ0n) is 16.9. The minimum absolute atomic E-state index is 0.565. The molecular formula is C22H37N5. The van der Waals surface area contributed by atoms with Gasteiger partial charge in [0.25, 0.3) is 0 Å². The number of aryl methyl sites for hydroxylation is 1. The summed E-state index contributed by atoms with van der Waals surface area (Å²) in [6.45, 7) is 6.08. The van der Waals surface area contributed by atoms with Gasteiger partial charge in [-0.1, -0.05) is 25.7 Å². The standard InChI is InChI=1S/C22H37N5/c1-16-12-17-14-25-21-8-4-2-6-19(21)23-10-11-24-20-7-3-5-9-22(20)26-15-18(13-16)27-17/h12-13,19-26H,2-11,14-15H2,1H3/t19-,20-,21+,22+/m1/s1. The van der Waals surface area contributed by atoms with Gasteiger partial charge in [0.1, 0.15) is 0 Å². The summed E-state index contributed by atoms with van der Waals surface area (Å²) in [5, 5.41) is 15.3. The smallest absolute Gasteiger partial charge is 0.0548 e. The molecule has 1 aliphatic heterocycles. The van der Waals surface area contributed by atoms with Crippen molar-refractivity contribution in [3.8, 4) is 0 Å². The summed E-state index contributed by atoms with van der Waals surface area (Å²) >= 11 is 0. The first-order valence-electron chi connectivity index (χ1n) is 11.2. The monoisotopic (exact) mass is 371 g/mol. The van der Waals surface area contributed by atoms with Crippen LogP contribution in [0.1, 0.15) is 68.3 Å². The molecule has 27 heavy (non-hydrogen) atoms. The maximum absolute atomic E-state index is 4.95. The Labute approximate surface area is 164 Å². The zero-order valence-corrected chi connectivity index (χ0v) is 16.9. The van der Waals surface area contributed by atoms with E-state index >= 15 is 0 Å². The van der Waals surface area contributed by atoms with E-state index in [2.05, 4.69) is 40.3 Å². The molecule has 4 N–H and O–H groups in total. The summed E-state index contributed by atoms with van der Waals surface area (Å²) in [5.41, 5.74) is 3.69. The van der Waals surface area contributed by atoms with Crippen LogP contribution in [0.15, 0.2) is 12.1 Å². The van der Waals surface area contributed by atoms with Gasteiger partial charge in [-0.3, -0.25) is 4.98 Å². The minimum atomic E-state index is 0.565. The SMILES string of the molecule is Cc1cc2nc(c1)CN[C@H]1CCCC[C@H]1NCCN[C@@H]1CCCC[C@@H]1NC2. The van der Waals surface area contributed by atoms with Crippen LogP contribution in [0.5, 0.6) is 0 Å². The second kappa shape index (κ2) is 9.46. The predicted octanol–water partition coefficient (Wildman–Crippen LogP) is 2.38. The van der Waals surface area contributed by atoms with Crippen molar-refractivity contribution in [3.63, 3.8) is 0 Å². The summed E-state index contributed by atoms with van der Waals surface area (Å²) in [6.07, 6.45) is 10.5. The van der Waals surface area contributed by atoms with Crippen LogP contribution in [-0.2, 0) is 13.1 Å². The lowest BCUT2D eigenvalue weighted by atomic mass is 9.89. The number of fused-ring (bicyclic) bond motifs is 4. The van der Waals surface area contributed by atoms with Crippen molar-refractivity contribution in [1.82, 2.24) is 26.3 Å².